The third kappa shape index (κ3) is 2.83. The standard InChI is InChI=1S/C12H9ClF2N2O2S/c13-7-1-3-8(4-2-7)20(18,19)17-12-9(14)5-6-10(16)11(12)15/h1-6,17H,16H2. The SMILES string of the molecule is Nc1ccc(F)c(NS(=O)(=O)c2ccc(Cl)cc2)c1F. The molecule has 0 aromatic heterocycles. The van der Waals surface area contributed by atoms with E-state index in [1.54, 1.807) is 0 Å². The zero-order valence-corrected chi connectivity index (χ0v) is 11.5. The Morgan fingerprint density at radius 2 is 1.65 bits per heavy atom. The Morgan fingerprint density at radius 1 is 1.05 bits per heavy atom. The van der Waals surface area contributed by atoms with Crippen molar-refractivity contribution in [2.75, 3.05) is 10.5 Å². The Kier molecular flexibility index (Phi) is 3.82. The van der Waals surface area contributed by atoms with Crippen LogP contribution in [0.3, 0.4) is 0 Å². The van der Waals surface area contributed by atoms with Gasteiger partial charge in [-0.25, -0.2) is 17.2 Å². The van der Waals surface area contributed by atoms with E-state index in [1.807, 2.05) is 4.72 Å². The minimum absolute atomic E-state index is 0.178. The zero-order chi connectivity index (χ0) is 14.9. The highest BCUT2D eigenvalue weighted by molar-refractivity contribution is 7.92. The molecule has 2 rings (SSSR count). The molecule has 0 aliphatic carbocycles. The minimum Gasteiger partial charge on any atom is -0.396 e. The molecule has 4 nitrogen and oxygen atoms in total. The molecule has 0 amide bonds. The van der Waals surface area contributed by atoms with E-state index in [2.05, 4.69) is 0 Å². The summed E-state index contributed by atoms with van der Waals surface area (Å²) in [6, 6.07) is 7.01. The van der Waals surface area contributed by atoms with Gasteiger partial charge in [0.15, 0.2) is 5.82 Å². The third-order valence-corrected chi connectivity index (χ3v) is 4.10. The van der Waals surface area contributed by atoms with E-state index < -0.39 is 27.3 Å². The predicted molar refractivity (Wildman–Crippen MR) is 73.0 cm³/mol. The van der Waals surface area contributed by atoms with E-state index >= 15 is 0 Å². The van der Waals surface area contributed by atoms with Gasteiger partial charge in [0.2, 0.25) is 0 Å². The van der Waals surface area contributed by atoms with Gasteiger partial charge in [-0.2, -0.15) is 0 Å². The molecule has 0 bridgehead atoms. The lowest BCUT2D eigenvalue weighted by atomic mass is 10.2. The molecule has 0 saturated heterocycles. The van der Waals surface area contributed by atoms with E-state index in [0.29, 0.717) is 5.02 Å². The maximum Gasteiger partial charge on any atom is 0.262 e. The molecule has 2 aromatic rings. The van der Waals surface area contributed by atoms with Gasteiger partial charge >= 0.3 is 0 Å². The predicted octanol–water partition coefficient (Wildman–Crippen LogP) is 3.00. The summed E-state index contributed by atoms with van der Waals surface area (Å²) in [6.45, 7) is 0. The Morgan fingerprint density at radius 3 is 2.25 bits per heavy atom. The van der Waals surface area contributed by atoms with E-state index in [-0.39, 0.29) is 10.6 Å². The maximum atomic E-state index is 13.7. The van der Waals surface area contributed by atoms with Crippen LogP contribution in [-0.2, 0) is 10.0 Å². The molecule has 2 aromatic carbocycles. The first-order chi connectivity index (χ1) is 9.31. The second-order valence-corrected chi connectivity index (χ2v) is 6.00. The van der Waals surface area contributed by atoms with Gasteiger partial charge in [-0.3, -0.25) is 4.72 Å². The van der Waals surface area contributed by atoms with Gasteiger partial charge in [0.05, 0.1) is 10.6 Å². The topological polar surface area (TPSA) is 72.2 Å². The second kappa shape index (κ2) is 5.26. The number of anilines is 2. The summed E-state index contributed by atoms with van der Waals surface area (Å²) in [5.74, 6) is -2.23. The molecular formula is C12H9ClF2N2O2S. The van der Waals surface area contributed by atoms with Crippen LogP contribution in [0.2, 0.25) is 5.02 Å². The van der Waals surface area contributed by atoms with Crippen LogP contribution in [0.1, 0.15) is 0 Å². The molecule has 0 atom stereocenters. The number of rotatable bonds is 3. The molecule has 0 saturated carbocycles. The first-order valence-electron chi connectivity index (χ1n) is 5.33. The summed E-state index contributed by atoms with van der Waals surface area (Å²) in [6.07, 6.45) is 0. The Balaban J connectivity index is 2.43. The van der Waals surface area contributed by atoms with Crippen molar-refractivity contribution < 1.29 is 17.2 Å². The number of benzene rings is 2. The number of nitrogens with one attached hydrogen (secondary N) is 1. The summed E-state index contributed by atoms with van der Waals surface area (Å²) in [4.78, 5) is -0.178. The molecule has 0 aliphatic heterocycles. The Bertz CT molecular complexity index is 749. The van der Waals surface area contributed by atoms with Crippen molar-refractivity contribution in [1.29, 1.82) is 0 Å². The molecule has 0 aliphatic rings. The normalized spacial score (nSPS) is 11.3. The molecule has 0 radical (unpaired) electrons. The van der Waals surface area contributed by atoms with Crippen LogP contribution in [0.25, 0.3) is 0 Å². The van der Waals surface area contributed by atoms with Crippen molar-refractivity contribution in [3.05, 3.63) is 53.1 Å². The first kappa shape index (κ1) is 14.5. The second-order valence-electron chi connectivity index (χ2n) is 3.89. The Labute approximate surface area is 119 Å². The van der Waals surface area contributed by atoms with E-state index in [9.17, 15) is 17.2 Å². The summed E-state index contributed by atoms with van der Waals surface area (Å²) in [5, 5.41) is 0.338. The lowest BCUT2D eigenvalue weighted by Gasteiger charge is -2.11. The maximum absolute atomic E-state index is 13.7. The highest BCUT2D eigenvalue weighted by Gasteiger charge is 2.20. The van der Waals surface area contributed by atoms with Crippen molar-refractivity contribution in [3.8, 4) is 0 Å². The van der Waals surface area contributed by atoms with Crippen molar-refractivity contribution in [2.45, 2.75) is 4.90 Å². The van der Waals surface area contributed by atoms with Gasteiger partial charge in [-0.05, 0) is 36.4 Å². The lowest BCUT2D eigenvalue weighted by Crippen LogP contribution is -2.15. The van der Waals surface area contributed by atoms with Crippen LogP contribution in [0.15, 0.2) is 41.3 Å². The highest BCUT2D eigenvalue weighted by Crippen LogP contribution is 2.26. The highest BCUT2D eigenvalue weighted by atomic mass is 35.5. The average Bonchev–Trinajstić information content (AvgIpc) is 2.40. The van der Waals surface area contributed by atoms with Crippen molar-refractivity contribution in [3.63, 3.8) is 0 Å². The van der Waals surface area contributed by atoms with Gasteiger partial charge in [0, 0.05) is 5.02 Å². The van der Waals surface area contributed by atoms with E-state index in [4.69, 9.17) is 17.3 Å². The van der Waals surface area contributed by atoms with E-state index in [1.165, 1.54) is 24.3 Å². The molecular weight excluding hydrogens is 310 g/mol. The minimum atomic E-state index is -4.14. The summed E-state index contributed by atoms with van der Waals surface area (Å²) < 4.78 is 53.0. The van der Waals surface area contributed by atoms with Gasteiger partial charge in [0.1, 0.15) is 11.5 Å². The quantitative estimate of drug-likeness (QED) is 0.854. The van der Waals surface area contributed by atoms with Crippen molar-refractivity contribution >= 4 is 33.0 Å². The largest absolute Gasteiger partial charge is 0.396 e. The summed E-state index contributed by atoms with van der Waals surface area (Å²) in [7, 11) is -4.14. The van der Waals surface area contributed by atoms with Gasteiger partial charge in [-0.1, -0.05) is 11.6 Å². The fourth-order valence-corrected chi connectivity index (χ4v) is 2.66. The van der Waals surface area contributed by atoms with Crippen LogP contribution in [-0.4, -0.2) is 8.42 Å². The fourth-order valence-electron chi connectivity index (χ4n) is 1.47. The smallest absolute Gasteiger partial charge is 0.262 e. The number of hydrogen-bond donors (Lipinski definition) is 2. The monoisotopic (exact) mass is 318 g/mol. The molecule has 20 heavy (non-hydrogen) atoms. The van der Waals surface area contributed by atoms with Crippen LogP contribution in [0.4, 0.5) is 20.2 Å². The van der Waals surface area contributed by atoms with Gasteiger partial charge in [-0.15, -0.1) is 0 Å². The van der Waals surface area contributed by atoms with Crippen LogP contribution >= 0.6 is 11.6 Å². The van der Waals surface area contributed by atoms with E-state index in [0.717, 1.165) is 12.1 Å². The van der Waals surface area contributed by atoms with Crippen molar-refractivity contribution in [1.82, 2.24) is 0 Å². The number of sulfonamides is 1. The number of hydrogen-bond acceptors (Lipinski definition) is 3. The van der Waals surface area contributed by atoms with Crippen LogP contribution < -0.4 is 10.5 Å². The fraction of sp³-hybridized carbons (Fsp3) is 0. The number of nitrogens with two attached hydrogens (primary N) is 1. The average molecular weight is 319 g/mol. The first-order valence-corrected chi connectivity index (χ1v) is 7.19. The summed E-state index contributed by atoms with van der Waals surface area (Å²) in [5.41, 5.74) is 4.09. The Hall–Kier alpha value is -1.86. The summed E-state index contributed by atoms with van der Waals surface area (Å²) >= 11 is 5.64. The molecule has 0 spiro atoms. The van der Waals surface area contributed by atoms with Crippen molar-refractivity contribution in [2.24, 2.45) is 0 Å². The number of halogens is 3. The molecule has 0 unspecified atom stereocenters. The van der Waals surface area contributed by atoms with Crippen LogP contribution in [0, 0.1) is 11.6 Å². The molecule has 106 valence electrons. The third-order valence-electron chi connectivity index (χ3n) is 2.48. The van der Waals surface area contributed by atoms with Crippen LogP contribution in [0.5, 0.6) is 0 Å². The number of nitrogen functional groups attached to an aromatic ring is 1. The lowest BCUT2D eigenvalue weighted by molar-refractivity contribution is 0.585. The molecule has 3 N–H and O–H groups in total. The van der Waals surface area contributed by atoms with Gasteiger partial charge in [0.25, 0.3) is 10.0 Å². The van der Waals surface area contributed by atoms with Gasteiger partial charge < -0.3 is 5.73 Å². The molecule has 0 heterocycles. The molecule has 8 heteroatoms. The zero-order valence-electron chi connectivity index (χ0n) is 9.90. The molecule has 0 fully saturated rings.